The van der Waals surface area contributed by atoms with Crippen LogP contribution in [0.1, 0.15) is 51.9 Å². The molecule has 0 bridgehead atoms. The maximum absolute atomic E-state index is 11.6. The molecule has 4 atom stereocenters. The number of rotatable bonds is 13. The number of amides is 1. The summed E-state index contributed by atoms with van der Waals surface area (Å²) in [5, 5.41) is 48.4. The predicted octanol–water partition coefficient (Wildman–Crippen LogP) is -0.619. The smallest absolute Gasteiger partial charge is 0.335 e. The van der Waals surface area contributed by atoms with Gasteiger partial charge in [-0.1, -0.05) is 45.4 Å². The van der Waals surface area contributed by atoms with E-state index in [1.54, 1.807) is 0 Å². The van der Waals surface area contributed by atoms with Gasteiger partial charge >= 0.3 is 5.97 Å². The summed E-state index contributed by atoms with van der Waals surface area (Å²) in [4.78, 5) is 22.1. The first-order valence-electron chi connectivity index (χ1n) is 8.05. The van der Waals surface area contributed by atoms with Gasteiger partial charge in [0.15, 0.2) is 12.2 Å². The van der Waals surface area contributed by atoms with Gasteiger partial charge in [-0.25, -0.2) is 4.79 Å². The monoisotopic (exact) mass is 335 g/mol. The Bertz CT molecular complexity index is 351. The third-order valence-corrected chi connectivity index (χ3v) is 3.60. The summed E-state index contributed by atoms with van der Waals surface area (Å²) in [5.74, 6) is -2.67. The number of carboxylic acid groups (broad SMARTS) is 1. The van der Waals surface area contributed by atoms with Gasteiger partial charge in [0, 0.05) is 6.54 Å². The summed E-state index contributed by atoms with van der Waals surface area (Å²) in [7, 11) is 0. The Morgan fingerprint density at radius 2 is 1.30 bits per heavy atom. The molecule has 0 aromatic rings. The average Bonchev–Trinajstić information content (AvgIpc) is 2.54. The Balaban J connectivity index is 3.95. The zero-order valence-corrected chi connectivity index (χ0v) is 13.5. The molecular formula is C15H29NO7. The van der Waals surface area contributed by atoms with Crippen molar-refractivity contribution in [3.8, 4) is 0 Å². The van der Waals surface area contributed by atoms with Crippen LogP contribution >= 0.6 is 0 Å². The number of unbranched alkanes of at least 4 members (excludes halogenated alkanes) is 6. The van der Waals surface area contributed by atoms with Crippen LogP contribution < -0.4 is 5.32 Å². The Morgan fingerprint density at radius 3 is 1.83 bits per heavy atom. The van der Waals surface area contributed by atoms with Crippen molar-refractivity contribution in [3.05, 3.63) is 0 Å². The van der Waals surface area contributed by atoms with E-state index in [4.69, 9.17) is 10.2 Å². The molecule has 0 aromatic carbocycles. The van der Waals surface area contributed by atoms with Crippen molar-refractivity contribution < 1.29 is 35.1 Å². The maximum Gasteiger partial charge on any atom is 0.335 e. The number of hydrogen-bond donors (Lipinski definition) is 6. The van der Waals surface area contributed by atoms with Gasteiger partial charge in [-0.2, -0.15) is 0 Å². The van der Waals surface area contributed by atoms with Crippen molar-refractivity contribution in [2.75, 3.05) is 6.54 Å². The first-order valence-corrected chi connectivity index (χ1v) is 8.05. The number of carbonyl (C=O) groups is 2. The molecule has 0 spiro atoms. The number of hydrogen-bond acceptors (Lipinski definition) is 6. The van der Waals surface area contributed by atoms with Crippen LogP contribution in [-0.4, -0.2) is 68.4 Å². The van der Waals surface area contributed by atoms with E-state index in [0.717, 1.165) is 25.7 Å². The van der Waals surface area contributed by atoms with Gasteiger partial charge in [0.25, 0.3) is 5.91 Å². The van der Waals surface area contributed by atoms with Crippen LogP contribution in [0, 0.1) is 0 Å². The minimum absolute atomic E-state index is 0.313. The normalized spacial score (nSPS) is 16.4. The summed E-state index contributed by atoms with van der Waals surface area (Å²) < 4.78 is 0. The molecule has 0 fully saturated rings. The lowest BCUT2D eigenvalue weighted by atomic mass is 10.0. The van der Waals surface area contributed by atoms with E-state index in [9.17, 15) is 24.9 Å². The number of aliphatic carboxylic acids is 1. The van der Waals surface area contributed by atoms with Gasteiger partial charge in [0.05, 0.1) is 0 Å². The zero-order chi connectivity index (χ0) is 17.8. The molecule has 0 aliphatic carbocycles. The Kier molecular flexibility index (Phi) is 11.6. The first kappa shape index (κ1) is 21.8. The molecule has 0 heterocycles. The lowest BCUT2D eigenvalue weighted by Crippen LogP contribution is -2.52. The molecular weight excluding hydrogens is 306 g/mol. The summed E-state index contributed by atoms with van der Waals surface area (Å²) in [6.45, 7) is 2.45. The molecule has 0 rings (SSSR count). The van der Waals surface area contributed by atoms with E-state index in [1.165, 1.54) is 19.3 Å². The molecule has 8 nitrogen and oxygen atoms in total. The van der Waals surface area contributed by atoms with E-state index in [2.05, 4.69) is 12.2 Å². The van der Waals surface area contributed by atoms with Crippen LogP contribution in [0.5, 0.6) is 0 Å². The van der Waals surface area contributed by atoms with Crippen LogP contribution in [0.3, 0.4) is 0 Å². The van der Waals surface area contributed by atoms with Gasteiger partial charge in [-0.05, 0) is 6.42 Å². The van der Waals surface area contributed by atoms with E-state index in [0.29, 0.717) is 6.54 Å². The molecule has 0 aliphatic rings. The summed E-state index contributed by atoms with van der Waals surface area (Å²) in [6.07, 6.45) is -1.10. The van der Waals surface area contributed by atoms with Crippen LogP contribution in [0.25, 0.3) is 0 Å². The van der Waals surface area contributed by atoms with Crippen molar-refractivity contribution in [2.45, 2.75) is 76.3 Å². The molecule has 0 radical (unpaired) electrons. The highest BCUT2D eigenvalue weighted by Crippen LogP contribution is 2.07. The predicted molar refractivity (Wildman–Crippen MR) is 82.7 cm³/mol. The summed E-state index contributed by atoms with van der Waals surface area (Å²) >= 11 is 0. The Hall–Kier alpha value is -1.22. The fraction of sp³-hybridized carbons (Fsp3) is 0.867. The number of aliphatic hydroxyl groups excluding tert-OH is 4. The molecule has 0 unspecified atom stereocenters. The van der Waals surface area contributed by atoms with Crippen LogP contribution in [-0.2, 0) is 9.59 Å². The van der Waals surface area contributed by atoms with E-state index in [-0.39, 0.29) is 0 Å². The fourth-order valence-corrected chi connectivity index (χ4v) is 2.07. The van der Waals surface area contributed by atoms with Crippen LogP contribution in [0.4, 0.5) is 0 Å². The van der Waals surface area contributed by atoms with Crippen LogP contribution in [0.2, 0.25) is 0 Å². The number of nitrogens with one attached hydrogen (secondary N) is 1. The molecule has 1 amide bonds. The van der Waals surface area contributed by atoms with Crippen molar-refractivity contribution in [2.24, 2.45) is 0 Å². The van der Waals surface area contributed by atoms with Gasteiger partial charge < -0.3 is 30.8 Å². The fourth-order valence-electron chi connectivity index (χ4n) is 2.07. The largest absolute Gasteiger partial charge is 0.479 e. The maximum atomic E-state index is 11.6. The van der Waals surface area contributed by atoms with E-state index < -0.39 is 36.3 Å². The van der Waals surface area contributed by atoms with Gasteiger partial charge in [-0.3, -0.25) is 4.79 Å². The second-order valence-electron chi connectivity index (χ2n) is 5.62. The standard InChI is InChI=1S/C15H29NO7/c1-2-3-4-5-6-7-8-9-16-14(21)12(19)10(17)11(18)13(20)15(22)23/h10-13,17-20H,2-9H2,1H3,(H,16,21)(H,22,23)/t10-,11-,12+,13-/m1/s1. The van der Waals surface area contributed by atoms with Gasteiger partial charge in [0.2, 0.25) is 0 Å². The SMILES string of the molecule is CCCCCCCCCNC(=O)[C@@H](O)[C@H](O)[C@@H](O)[C@@H](O)C(=O)O. The lowest BCUT2D eigenvalue weighted by molar-refractivity contribution is -0.166. The Labute approximate surface area is 136 Å². The topological polar surface area (TPSA) is 147 Å². The molecule has 0 aliphatic heterocycles. The van der Waals surface area contributed by atoms with Crippen molar-refractivity contribution in [3.63, 3.8) is 0 Å². The minimum Gasteiger partial charge on any atom is -0.479 e. The molecule has 8 heteroatoms. The summed E-state index contributed by atoms with van der Waals surface area (Å²) in [6, 6.07) is 0. The second-order valence-corrected chi connectivity index (χ2v) is 5.62. The van der Waals surface area contributed by atoms with Crippen LogP contribution in [0.15, 0.2) is 0 Å². The molecule has 136 valence electrons. The lowest BCUT2D eigenvalue weighted by Gasteiger charge is -2.23. The number of carbonyl (C=O) groups excluding carboxylic acids is 1. The van der Waals surface area contributed by atoms with Gasteiger partial charge in [-0.15, -0.1) is 0 Å². The minimum atomic E-state index is -2.28. The molecule has 0 saturated carbocycles. The Morgan fingerprint density at radius 1 is 0.826 bits per heavy atom. The highest BCUT2D eigenvalue weighted by atomic mass is 16.4. The third-order valence-electron chi connectivity index (χ3n) is 3.60. The highest BCUT2D eigenvalue weighted by Gasteiger charge is 2.37. The molecule has 6 N–H and O–H groups in total. The number of carboxylic acids is 1. The molecule has 0 saturated heterocycles. The highest BCUT2D eigenvalue weighted by molar-refractivity contribution is 5.81. The second kappa shape index (κ2) is 12.2. The molecule has 0 aromatic heterocycles. The third kappa shape index (κ3) is 8.85. The van der Waals surface area contributed by atoms with Crippen molar-refractivity contribution >= 4 is 11.9 Å². The summed E-state index contributed by atoms with van der Waals surface area (Å²) in [5.41, 5.74) is 0. The van der Waals surface area contributed by atoms with Gasteiger partial charge in [0.1, 0.15) is 12.2 Å². The molecule has 23 heavy (non-hydrogen) atoms. The first-order chi connectivity index (χ1) is 10.8. The van der Waals surface area contributed by atoms with E-state index >= 15 is 0 Å². The zero-order valence-electron chi connectivity index (χ0n) is 13.5. The van der Waals surface area contributed by atoms with E-state index in [1.807, 2.05) is 0 Å². The number of aliphatic hydroxyl groups is 4. The van der Waals surface area contributed by atoms with Crippen molar-refractivity contribution in [1.82, 2.24) is 5.32 Å². The van der Waals surface area contributed by atoms with Crippen molar-refractivity contribution in [1.29, 1.82) is 0 Å². The average molecular weight is 335 g/mol. The quantitative estimate of drug-likeness (QED) is 0.246.